The molecule has 2 aromatic rings. The van der Waals surface area contributed by atoms with Crippen LogP contribution in [0.5, 0.6) is 0 Å². The van der Waals surface area contributed by atoms with Gasteiger partial charge in [0.15, 0.2) is 0 Å². The van der Waals surface area contributed by atoms with E-state index in [9.17, 15) is 0 Å². The van der Waals surface area contributed by atoms with Gasteiger partial charge in [0.1, 0.15) is 0 Å². The molecule has 0 N–H and O–H groups in total. The summed E-state index contributed by atoms with van der Waals surface area (Å²) in [6, 6.07) is 17.4. The zero-order valence-corrected chi connectivity index (χ0v) is 9.44. The average molecular weight is 218 g/mol. The lowest BCUT2D eigenvalue weighted by molar-refractivity contribution is 1.38. The molecule has 0 radical (unpaired) electrons. The van der Waals surface area contributed by atoms with Crippen LogP contribution in [0, 0.1) is 29.6 Å². The van der Waals surface area contributed by atoms with E-state index < -0.39 is 0 Å². The van der Waals surface area contributed by atoms with E-state index in [-0.39, 0.29) is 0 Å². The molecular formula is C15H10N2. The highest BCUT2D eigenvalue weighted by Gasteiger charge is 2.09. The first-order valence-electron chi connectivity index (χ1n) is 5.26. The monoisotopic (exact) mass is 218 g/mol. The van der Waals surface area contributed by atoms with Gasteiger partial charge in [0.2, 0.25) is 0 Å². The van der Waals surface area contributed by atoms with Crippen LogP contribution in [-0.4, -0.2) is 0 Å². The summed E-state index contributed by atoms with van der Waals surface area (Å²) in [4.78, 5) is 0. The molecular weight excluding hydrogens is 208 g/mol. The fourth-order valence-corrected chi connectivity index (χ4v) is 1.93. The standard InChI is InChI=1S/C15H10N2/c1-11-7-12(9-16)8-14(10-17)15(11)13-5-3-2-4-6-13/h2-8H,1H3. The highest BCUT2D eigenvalue weighted by atomic mass is 14.3. The summed E-state index contributed by atoms with van der Waals surface area (Å²) >= 11 is 0. The second-order valence-corrected chi connectivity index (χ2v) is 3.81. The maximum atomic E-state index is 9.16. The lowest BCUT2D eigenvalue weighted by Gasteiger charge is -2.08. The highest BCUT2D eigenvalue weighted by Crippen LogP contribution is 2.28. The van der Waals surface area contributed by atoms with Gasteiger partial charge in [-0.1, -0.05) is 30.3 Å². The van der Waals surface area contributed by atoms with Gasteiger partial charge in [0.25, 0.3) is 0 Å². The van der Waals surface area contributed by atoms with E-state index in [4.69, 9.17) is 10.5 Å². The minimum absolute atomic E-state index is 0.527. The van der Waals surface area contributed by atoms with Crippen molar-refractivity contribution >= 4 is 0 Å². The summed E-state index contributed by atoms with van der Waals surface area (Å²) in [7, 11) is 0. The summed E-state index contributed by atoms with van der Waals surface area (Å²) < 4.78 is 0. The zero-order chi connectivity index (χ0) is 12.3. The van der Waals surface area contributed by atoms with Crippen molar-refractivity contribution in [3.8, 4) is 23.3 Å². The molecule has 80 valence electrons. The van der Waals surface area contributed by atoms with E-state index in [1.165, 1.54) is 0 Å². The predicted molar refractivity (Wildman–Crippen MR) is 66.0 cm³/mol. The van der Waals surface area contributed by atoms with Gasteiger partial charge >= 0.3 is 0 Å². The topological polar surface area (TPSA) is 47.6 Å². The van der Waals surface area contributed by atoms with Crippen LogP contribution in [-0.2, 0) is 0 Å². The van der Waals surface area contributed by atoms with Crippen LogP contribution in [0.15, 0.2) is 42.5 Å². The molecule has 0 aliphatic carbocycles. The number of hydrogen-bond acceptors (Lipinski definition) is 2. The zero-order valence-electron chi connectivity index (χ0n) is 9.44. The fourth-order valence-electron chi connectivity index (χ4n) is 1.93. The van der Waals surface area contributed by atoms with Gasteiger partial charge in [-0.25, -0.2) is 0 Å². The van der Waals surface area contributed by atoms with Gasteiger partial charge in [0.05, 0.1) is 23.3 Å². The van der Waals surface area contributed by atoms with Crippen molar-refractivity contribution in [2.45, 2.75) is 6.92 Å². The largest absolute Gasteiger partial charge is 0.192 e. The maximum absolute atomic E-state index is 9.16. The summed E-state index contributed by atoms with van der Waals surface area (Å²) in [6.07, 6.45) is 0. The van der Waals surface area contributed by atoms with Crippen LogP contribution in [0.1, 0.15) is 16.7 Å². The lowest BCUT2D eigenvalue weighted by atomic mass is 9.94. The van der Waals surface area contributed by atoms with Gasteiger partial charge in [-0.2, -0.15) is 10.5 Å². The van der Waals surface area contributed by atoms with Crippen LogP contribution in [0.25, 0.3) is 11.1 Å². The third-order valence-electron chi connectivity index (χ3n) is 2.65. The Morgan fingerprint density at radius 2 is 1.65 bits per heavy atom. The third kappa shape index (κ3) is 2.02. The predicted octanol–water partition coefficient (Wildman–Crippen LogP) is 3.41. The highest BCUT2D eigenvalue weighted by molar-refractivity contribution is 5.74. The van der Waals surface area contributed by atoms with Gasteiger partial charge in [-0.3, -0.25) is 0 Å². The number of nitriles is 2. The quantitative estimate of drug-likeness (QED) is 0.736. The number of benzene rings is 2. The van der Waals surface area contributed by atoms with Crippen LogP contribution >= 0.6 is 0 Å². The summed E-state index contributed by atoms with van der Waals surface area (Å²) in [5.74, 6) is 0. The van der Waals surface area contributed by atoms with Gasteiger partial charge in [0, 0.05) is 5.56 Å². The Labute approximate surface area is 100 Å². The molecule has 0 atom stereocenters. The molecule has 0 amide bonds. The number of aryl methyl sites for hydroxylation is 1. The Hall–Kier alpha value is -2.58. The van der Waals surface area contributed by atoms with E-state index in [0.29, 0.717) is 11.1 Å². The summed E-state index contributed by atoms with van der Waals surface area (Å²) in [5, 5.41) is 18.0. The average Bonchev–Trinajstić information content (AvgIpc) is 2.38. The Bertz CT molecular complexity index is 628. The van der Waals surface area contributed by atoms with Crippen LogP contribution in [0.2, 0.25) is 0 Å². The lowest BCUT2D eigenvalue weighted by Crippen LogP contribution is -1.91. The molecule has 0 spiro atoms. The van der Waals surface area contributed by atoms with E-state index >= 15 is 0 Å². The first-order valence-corrected chi connectivity index (χ1v) is 5.26. The number of rotatable bonds is 1. The van der Waals surface area contributed by atoms with Crippen molar-refractivity contribution in [3.63, 3.8) is 0 Å². The first kappa shape index (κ1) is 10.9. The Kier molecular flexibility index (Phi) is 2.90. The van der Waals surface area contributed by atoms with E-state index in [0.717, 1.165) is 16.7 Å². The molecule has 2 heteroatoms. The van der Waals surface area contributed by atoms with Crippen molar-refractivity contribution < 1.29 is 0 Å². The van der Waals surface area contributed by atoms with Crippen LogP contribution < -0.4 is 0 Å². The van der Waals surface area contributed by atoms with Crippen molar-refractivity contribution in [2.75, 3.05) is 0 Å². The molecule has 2 nitrogen and oxygen atoms in total. The van der Waals surface area contributed by atoms with E-state index in [1.807, 2.05) is 43.3 Å². The smallest absolute Gasteiger partial charge is 0.0998 e. The Morgan fingerprint density at radius 3 is 2.24 bits per heavy atom. The summed E-state index contributed by atoms with van der Waals surface area (Å²) in [6.45, 7) is 1.92. The number of hydrogen-bond donors (Lipinski definition) is 0. The van der Waals surface area contributed by atoms with Crippen molar-refractivity contribution in [1.29, 1.82) is 10.5 Å². The maximum Gasteiger partial charge on any atom is 0.0998 e. The van der Waals surface area contributed by atoms with Gasteiger partial charge < -0.3 is 0 Å². The van der Waals surface area contributed by atoms with Crippen LogP contribution in [0.3, 0.4) is 0 Å². The molecule has 0 bridgehead atoms. The van der Waals surface area contributed by atoms with Gasteiger partial charge in [-0.15, -0.1) is 0 Å². The molecule has 0 saturated heterocycles. The minimum atomic E-state index is 0.527. The molecule has 17 heavy (non-hydrogen) atoms. The molecule has 0 aromatic heterocycles. The molecule has 0 saturated carbocycles. The first-order chi connectivity index (χ1) is 8.26. The summed E-state index contributed by atoms with van der Waals surface area (Å²) in [5.41, 5.74) is 3.94. The molecule has 2 rings (SSSR count). The second-order valence-electron chi connectivity index (χ2n) is 3.81. The fraction of sp³-hybridized carbons (Fsp3) is 0.0667. The van der Waals surface area contributed by atoms with E-state index in [2.05, 4.69) is 12.1 Å². The molecule has 0 unspecified atom stereocenters. The Morgan fingerprint density at radius 1 is 0.941 bits per heavy atom. The second kappa shape index (κ2) is 4.51. The Balaban J connectivity index is 2.72. The molecule has 0 fully saturated rings. The normalized spacial score (nSPS) is 9.35. The van der Waals surface area contributed by atoms with Crippen molar-refractivity contribution in [3.05, 3.63) is 59.2 Å². The van der Waals surface area contributed by atoms with E-state index in [1.54, 1.807) is 6.07 Å². The van der Waals surface area contributed by atoms with Crippen LogP contribution in [0.4, 0.5) is 0 Å². The molecule has 0 heterocycles. The minimum Gasteiger partial charge on any atom is -0.192 e. The third-order valence-corrected chi connectivity index (χ3v) is 2.65. The number of nitrogens with zero attached hydrogens (tertiary/aromatic N) is 2. The molecule has 2 aromatic carbocycles. The van der Waals surface area contributed by atoms with Crippen molar-refractivity contribution in [2.24, 2.45) is 0 Å². The van der Waals surface area contributed by atoms with Crippen molar-refractivity contribution in [1.82, 2.24) is 0 Å². The molecule has 0 aliphatic heterocycles. The van der Waals surface area contributed by atoms with Gasteiger partial charge in [-0.05, 0) is 30.2 Å². The SMILES string of the molecule is Cc1cc(C#N)cc(C#N)c1-c1ccccc1. The molecule has 0 aliphatic rings.